The molecule has 0 radical (unpaired) electrons. The molecular weight excluding hydrogens is 142 g/mol. The van der Waals surface area contributed by atoms with Gasteiger partial charge in [-0.1, -0.05) is 24.3 Å². The van der Waals surface area contributed by atoms with E-state index in [-0.39, 0.29) is 11.5 Å². The second kappa shape index (κ2) is 5.65. The summed E-state index contributed by atoms with van der Waals surface area (Å²) in [6.07, 6.45) is 4.97. The molecule has 0 aliphatic rings. The molecule has 0 fully saturated rings. The van der Waals surface area contributed by atoms with Crippen LogP contribution in [0.2, 0.25) is 0 Å². The number of nitrogens with zero attached hydrogens (tertiary/aromatic N) is 1. The molecule has 0 atom stereocenters. The fourth-order valence-corrected chi connectivity index (χ4v) is 0.772. The van der Waals surface area contributed by atoms with Gasteiger partial charge in [-0.2, -0.15) is 0 Å². The number of nitro groups is 1. The largest absolute Gasteiger partial charge is 0.265 e. The van der Waals surface area contributed by atoms with E-state index >= 15 is 0 Å². The first-order chi connectivity index (χ1) is 5.16. The summed E-state index contributed by atoms with van der Waals surface area (Å²) in [5.74, 6) is 0. The van der Waals surface area contributed by atoms with Crippen molar-refractivity contribution in [2.24, 2.45) is 0 Å². The summed E-state index contributed by atoms with van der Waals surface area (Å²) in [6, 6.07) is 0. The van der Waals surface area contributed by atoms with Crippen LogP contribution in [0.25, 0.3) is 0 Å². The van der Waals surface area contributed by atoms with Gasteiger partial charge < -0.3 is 0 Å². The molecule has 0 unspecified atom stereocenters. The molecule has 0 amide bonds. The summed E-state index contributed by atoms with van der Waals surface area (Å²) >= 11 is 0. The third-order valence-electron chi connectivity index (χ3n) is 1.31. The molecular formula is C8H13NO2. The monoisotopic (exact) mass is 155 g/mol. The highest BCUT2D eigenvalue weighted by atomic mass is 16.6. The summed E-state index contributed by atoms with van der Waals surface area (Å²) in [5, 5.41) is 9.90. The Morgan fingerprint density at radius 3 is 2.82 bits per heavy atom. The topological polar surface area (TPSA) is 43.1 Å². The number of hydrogen-bond acceptors (Lipinski definition) is 2. The summed E-state index contributed by atoms with van der Waals surface area (Å²) < 4.78 is 0. The van der Waals surface area contributed by atoms with Gasteiger partial charge in [0.15, 0.2) is 0 Å². The molecule has 3 heteroatoms. The summed E-state index contributed by atoms with van der Waals surface area (Å²) in [7, 11) is 0. The first-order valence-corrected chi connectivity index (χ1v) is 3.57. The van der Waals surface area contributed by atoms with Crippen LogP contribution < -0.4 is 0 Å². The summed E-state index contributed by atoms with van der Waals surface area (Å²) in [6.45, 7) is 5.54. The molecule has 0 rings (SSSR count). The molecule has 11 heavy (non-hydrogen) atoms. The Bertz CT molecular complexity index is 173. The van der Waals surface area contributed by atoms with Crippen molar-refractivity contribution in [2.45, 2.75) is 19.8 Å². The predicted octanol–water partition coefficient (Wildman–Crippen LogP) is 2.18. The molecule has 0 aliphatic heterocycles. The van der Waals surface area contributed by atoms with Crippen molar-refractivity contribution < 1.29 is 4.92 Å². The van der Waals surface area contributed by atoms with Crippen molar-refractivity contribution in [3.8, 4) is 0 Å². The van der Waals surface area contributed by atoms with Gasteiger partial charge in [-0.3, -0.25) is 10.1 Å². The van der Waals surface area contributed by atoms with Gasteiger partial charge in [-0.15, -0.1) is 0 Å². The zero-order valence-corrected chi connectivity index (χ0v) is 6.75. The second-order valence-electron chi connectivity index (χ2n) is 2.41. The molecule has 0 saturated heterocycles. The van der Waals surface area contributed by atoms with E-state index in [9.17, 15) is 10.1 Å². The molecule has 0 aromatic rings. The van der Waals surface area contributed by atoms with E-state index in [0.29, 0.717) is 6.42 Å². The molecule has 0 aliphatic carbocycles. The van der Waals surface area contributed by atoms with Crippen LogP contribution in [-0.2, 0) is 0 Å². The van der Waals surface area contributed by atoms with Crippen LogP contribution in [-0.4, -0.2) is 11.5 Å². The minimum absolute atomic E-state index is 0.0579. The summed E-state index contributed by atoms with van der Waals surface area (Å²) in [4.78, 5) is 9.61. The first kappa shape index (κ1) is 9.88. The highest BCUT2D eigenvalue weighted by Gasteiger charge is 1.96. The molecule has 62 valence electrons. The van der Waals surface area contributed by atoms with Crippen LogP contribution >= 0.6 is 0 Å². The van der Waals surface area contributed by atoms with E-state index in [1.54, 1.807) is 6.08 Å². The minimum atomic E-state index is -0.290. The van der Waals surface area contributed by atoms with E-state index in [2.05, 4.69) is 6.58 Å². The van der Waals surface area contributed by atoms with E-state index in [4.69, 9.17) is 0 Å². The minimum Gasteiger partial charge on any atom is -0.265 e. The lowest BCUT2D eigenvalue weighted by Gasteiger charge is -1.95. The van der Waals surface area contributed by atoms with Crippen molar-refractivity contribution in [3.05, 3.63) is 34.4 Å². The molecule has 0 spiro atoms. The quantitative estimate of drug-likeness (QED) is 0.347. The Morgan fingerprint density at radius 2 is 2.36 bits per heavy atom. The lowest BCUT2D eigenvalue weighted by atomic mass is 10.1. The maximum absolute atomic E-state index is 9.90. The lowest BCUT2D eigenvalue weighted by Crippen LogP contribution is -1.99. The van der Waals surface area contributed by atoms with Gasteiger partial charge in [0.1, 0.15) is 0 Å². The maximum Gasteiger partial charge on any atom is 0.204 e. The molecule has 0 bridgehead atoms. The van der Waals surface area contributed by atoms with E-state index in [0.717, 1.165) is 12.0 Å². The number of hydrogen-bond donors (Lipinski definition) is 0. The van der Waals surface area contributed by atoms with Crippen molar-refractivity contribution in [1.29, 1.82) is 0 Å². The Hall–Kier alpha value is -1.12. The Labute approximate surface area is 66.6 Å². The van der Waals surface area contributed by atoms with Crippen molar-refractivity contribution in [3.63, 3.8) is 0 Å². The molecule has 0 aromatic heterocycles. The lowest BCUT2D eigenvalue weighted by molar-refractivity contribution is -0.480. The standard InChI is InChI=1S/C8H13NO2/c1-3-5-8(2)6-4-7-9(10)11/h3,5H,1,4,6-7H2,2H3/b8-5-. The third kappa shape index (κ3) is 6.77. The van der Waals surface area contributed by atoms with Crippen molar-refractivity contribution in [2.75, 3.05) is 6.54 Å². The van der Waals surface area contributed by atoms with Gasteiger partial charge >= 0.3 is 0 Å². The fourth-order valence-electron chi connectivity index (χ4n) is 0.772. The molecule has 0 N–H and O–H groups in total. The van der Waals surface area contributed by atoms with Crippen LogP contribution in [0.3, 0.4) is 0 Å². The van der Waals surface area contributed by atoms with Crippen molar-refractivity contribution >= 4 is 0 Å². The summed E-state index contributed by atoms with van der Waals surface area (Å²) in [5.41, 5.74) is 1.14. The van der Waals surface area contributed by atoms with Crippen molar-refractivity contribution in [1.82, 2.24) is 0 Å². The SMILES string of the molecule is C=C/C=C(/C)CCC[N+](=O)[O-]. The smallest absolute Gasteiger partial charge is 0.204 e. The van der Waals surface area contributed by atoms with Gasteiger partial charge in [-0.25, -0.2) is 0 Å². The van der Waals surface area contributed by atoms with Gasteiger partial charge in [0, 0.05) is 11.3 Å². The van der Waals surface area contributed by atoms with Crippen LogP contribution in [0, 0.1) is 10.1 Å². The molecule has 0 saturated carbocycles. The Morgan fingerprint density at radius 1 is 1.73 bits per heavy atom. The van der Waals surface area contributed by atoms with E-state index < -0.39 is 0 Å². The highest BCUT2D eigenvalue weighted by Crippen LogP contribution is 2.03. The number of allylic oxidation sites excluding steroid dienone is 3. The van der Waals surface area contributed by atoms with E-state index in [1.165, 1.54) is 0 Å². The average Bonchev–Trinajstić information content (AvgIpc) is 1.87. The third-order valence-corrected chi connectivity index (χ3v) is 1.31. The van der Waals surface area contributed by atoms with Crippen LogP contribution in [0.4, 0.5) is 0 Å². The van der Waals surface area contributed by atoms with Crippen LogP contribution in [0.5, 0.6) is 0 Å². The molecule has 0 aromatic carbocycles. The highest BCUT2D eigenvalue weighted by molar-refractivity contribution is 5.07. The zero-order valence-electron chi connectivity index (χ0n) is 6.75. The zero-order chi connectivity index (χ0) is 8.69. The Balaban J connectivity index is 3.46. The van der Waals surface area contributed by atoms with Gasteiger partial charge in [0.05, 0.1) is 0 Å². The maximum atomic E-state index is 9.90. The molecule has 0 heterocycles. The average molecular weight is 155 g/mol. The fraction of sp³-hybridized carbons (Fsp3) is 0.500. The van der Waals surface area contributed by atoms with Gasteiger partial charge in [0.2, 0.25) is 6.54 Å². The van der Waals surface area contributed by atoms with Crippen LogP contribution in [0.1, 0.15) is 19.8 Å². The number of rotatable bonds is 5. The normalized spacial score (nSPS) is 11.2. The van der Waals surface area contributed by atoms with E-state index in [1.807, 2.05) is 13.0 Å². The van der Waals surface area contributed by atoms with Crippen LogP contribution in [0.15, 0.2) is 24.3 Å². The Kier molecular flexibility index (Phi) is 5.07. The first-order valence-electron chi connectivity index (χ1n) is 3.57. The van der Waals surface area contributed by atoms with Gasteiger partial charge in [0.25, 0.3) is 0 Å². The second-order valence-corrected chi connectivity index (χ2v) is 2.41. The molecule has 3 nitrogen and oxygen atoms in total. The predicted molar refractivity (Wildman–Crippen MR) is 45.0 cm³/mol. The van der Waals surface area contributed by atoms with Gasteiger partial charge in [-0.05, 0) is 13.3 Å².